The zero-order valence-corrected chi connectivity index (χ0v) is 11.5. The molecular formula is C15H23ClO. The van der Waals surface area contributed by atoms with Gasteiger partial charge in [-0.1, -0.05) is 56.3 Å². The first-order valence-electron chi connectivity index (χ1n) is 6.65. The molecule has 0 amide bonds. The number of ether oxygens (including phenoxy) is 1. The number of hydrogen-bond acceptors (Lipinski definition) is 1. The number of hydrogen-bond donors (Lipinski definition) is 0. The lowest BCUT2D eigenvalue weighted by atomic mass is 10.1. The Morgan fingerprint density at radius 1 is 0.941 bits per heavy atom. The van der Waals surface area contributed by atoms with Crippen LogP contribution in [0.25, 0.3) is 0 Å². The van der Waals surface area contributed by atoms with E-state index >= 15 is 0 Å². The molecule has 1 aromatic carbocycles. The lowest BCUT2D eigenvalue weighted by Crippen LogP contribution is -2.00. The molecule has 0 heterocycles. The molecule has 2 heteroatoms. The van der Waals surface area contributed by atoms with Gasteiger partial charge in [0.25, 0.3) is 0 Å². The van der Waals surface area contributed by atoms with Crippen LogP contribution in [0, 0.1) is 0 Å². The summed E-state index contributed by atoms with van der Waals surface area (Å²) in [5.74, 6) is 0. The average molecular weight is 255 g/mol. The van der Waals surface area contributed by atoms with Crippen LogP contribution in [0.3, 0.4) is 0 Å². The summed E-state index contributed by atoms with van der Waals surface area (Å²) in [5.41, 5.74) is 1.29. The fourth-order valence-electron chi connectivity index (χ4n) is 1.75. The van der Waals surface area contributed by atoms with Gasteiger partial charge in [-0.15, -0.1) is 0 Å². The minimum atomic E-state index is 0.797. The number of benzene rings is 1. The Labute approximate surface area is 110 Å². The molecule has 17 heavy (non-hydrogen) atoms. The molecule has 0 aliphatic rings. The van der Waals surface area contributed by atoms with Crippen LogP contribution in [0.2, 0.25) is 5.02 Å². The van der Waals surface area contributed by atoms with Gasteiger partial charge in [0.2, 0.25) is 0 Å². The molecule has 0 saturated carbocycles. The van der Waals surface area contributed by atoms with E-state index in [1.807, 2.05) is 12.1 Å². The summed E-state index contributed by atoms with van der Waals surface area (Å²) in [6, 6.07) is 7.99. The van der Waals surface area contributed by atoms with Crippen molar-refractivity contribution < 1.29 is 4.74 Å². The summed E-state index contributed by atoms with van der Waals surface area (Å²) >= 11 is 5.82. The van der Waals surface area contributed by atoms with Gasteiger partial charge in [0.05, 0.1) is 6.61 Å². The van der Waals surface area contributed by atoms with Gasteiger partial charge in [-0.2, -0.15) is 0 Å². The molecule has 0 atom stereocenters. The van der Waals surface area contributed by atoms with Crippen molar-refractivity contribution in [1.82, 2.24) is 0 Å². The largest absolute Gasteiger partial charge is 0.381 e. The fraction of sp³-hybridized carbons (Fsp3) is 0.600. The summed E-state index contributed by atoms with van der Waals surface area (Å²) < 4.78 is 5.62. The molecule has 96 valence electrons. The maximum absolute atomic E-state index is 5.82. The maximum Gasteiger partial charge on any atom is 0.0506 e. The SMILES string of the molecule is CCCCCCCOCCc1ccc(Cl)cc1. The van der Waals surface area contributed by atoms with Gasteiger partial charge in [0.1, 0.15) is 0 Å². The Balaban J connectivity index is 1.95. The van der Waals surface area contributed by atoms with Crippen LogP contribution in [0.1, 0.15) is 44.6 Å². The molecule has 0 aromatic heterocycles. The topological polar surface area (TPSA) is 9.23 Å². The minimum Gasteiger partial charge on any atom is -0.381 e. The lowest BCUT2D eigenvalue weighted by Gasteiger charge is -2.04. The van der Waals surface area contributed by atoms with E-state index in [1.165, 1.54) is 37.7 Å². The molecule has 0 fully saturated rings. The van der Waals surface area contributed by atoms with Crippen molar-refractivity contribution in [2.24, 2.45) is 0 Å². The molecule has 0 radical (unpaired) electrons. The summed E-state index contributed by atoms with van der Waals surface area (Å²) in [4.78, 5) is 0. The number of unbranched alkanes of at least 4 members (excludes halogenated alkanes) is 4. The first kappa shape index (κ1) is 14.5. The van der Waals surface area contributed by atoms with Gasteiger partial charge in [-0.25, -0.2) is 0 Å². The van der Waals surface area contributed by atoms with Gasteiger partial charge in [0.15, 0.2) is 0 Å². The smallest absolute Gasteiger partial charge is 0.0506 e. The van der Waals surface area contributed by atoms with E-state index in [9.17, 15) is 0 Å². The number of rotatable bonds is 9. The highest BCUT2D eigenvalue weighted by molar-refractivity contribution is 6.30. The zero-order chi connectivity index (χ0) is 12.3. The summed E-state index contributed by atoms with van der Waals surface area (Å²) in [5, 5.41) is 0.797. The standard InChI is InChI=1S/C15H23ClO/c1-2-3-4-5-6-12-17-13-11-14-7-9-15(16)10-8-14/h7-10H,2-6,11-13H2,1H3. The molecular weight excluding hydrogens is 232 g/mol. The van der Waals surface area contributed by atoms with Crippen molar-refractivity contribution >= 4 is 11.6 Å². The molecule has 0 spiro atoms. The molecule has 0 aliphatic carbocycles. The average Bonchev–Trinajstić information content (AvgIpc) is 2.35. The van der Waals surface area contributed by atoms with Crippen molar-refractivity contribution in [3.63, 3.8) is 0 Å². The molecule has 0 unspecified atom stereocenters. The van der Waals surface area contributed by atoms with E-state index in [-0.39, 0.29) is 0 Å². The van der Waals surface area contributed by atoms with Gasteiger partial charge in [-0.05, 0) is 30.5 Å². The van der Waals surface area contributed by atoms with E-state index in [2.05, 4.69) is 19.1 Å². The second-order valence-electron chi connectivity index (χ2n) is 4.40. The minimum absolute atomic E-state index is 0.797. The zero-order valence-electron chi connectivity index (χ0n) is 10.8. The molecule has 0 saturated heterocycles. The summed E-state index contributed by atoms with van der Waals surface area (Å²) in [7, 11) is 0. The van der Waals surface area contributed by atoms with E-state index in [0.717, 1.165) is 24.7 Å². The molecule has 0 bridgehead atoms. The monoisotopic (exact) mass is 254 g/mol. The summed E-state index contributed by atoms with van der Waals surface area (Å²) in [6.07, 6.45) is 7.47. The third-order valence-corrected chi connectivity index (χ3v) is 3.09. The first-order valence-corrected chi connectivity index (χ1v) is 7.03. The Morgan fingerprint density at radius 2 is 1.65 bits per heavy atom. The highest BCUT2D eigenvalue weighted by atomic mass is 35.5. The van der Waals surface area contributed by atoms with Gasteiger partial charge in [-0.3, -0.25) is 0 Å². The van der Waals surface area contributed by atoms with E-state index in [4.69, 9.17) is 16.3 Å². The van der Waals surface area contributed by atoms with E-state index in [0.29, 0.717) is 0 Å². The molecule has 1 aromatic rings. The van der Waals surface area contributed by atoms with Crippen LogP contribution in [-0.2, 0) is 11.2 Å². The normalized spacial score (nSPS) is 10.7. The van der Waals surface area contributed by atoms with Gasteiger partial charge in [0, 0.05) is 11.6 Å². The number of halogens is 1. The second kappa shape index (κ2) is 9.49. The van der Waals surface area contributed by atoms with E-state index in [1.54, 1.807) is 0 Å². The highest BCUT2D eigenvalue weighted by Gasteiger charge is 1.94. The maximum atomic E-state index is 5.82. The molecule has 1 nitrogen and oxygen atoms in total. The van der Waals surface area contributed by atoms with E-state index < -0.39 is 0 Å². The van der Waals surface area contributed by atoms with Crippen LogP contribution < -0.4 is 0 Å². The lowest BCUT2D eigenvalue weighted by molar-refractivity contribution is 0.133. The highest BCUT2D eigenvalue weighted by Crippen LogP contribution is 2.10. The van der Waals surface area contributed by atoms with Crippen molar-refractivity contribution in [3.05, 3.63) is 34.9 Å². The quantitative estimate of drug-likeness (QED) is 0.572. The Hall–Kier alpha value is -0.530. The fourth-order valence-corrected chi connectivity index (χ4v) is 1.88. The third kappa shape index (κ3) is 7.40. The van der Waals surface area contributed by atoms with Crippen LogP contribution in [0.15, 0.2) is 24.3 Å². The third-order valence-electron chi connectivity index (χ3n) is 2.84. The van der Waals surface area contributed by atoms with Crippen LogP contribution in [0.5, 0.6) is 0 Å². The molecule has 1 rings (SSSR count). The van der Waals surface area contributed by atoms with Crippen molar-refractivity contribution in [3.8, 4) is 0 Å². The first-order chi connectivity index (χ1) is 8.33. The molecule has 0 aliphatic heterocycles. The van der Waals surface area contributed by atoms with Gasteiger partial charge < -0.3 is 4.74 Å². The second-order valence-corrected chi connectivity index (χ2v) is 4.84. The van der Waals surface area contributed by atoms with Crippen LogP contribution in [-0.4, -0.2) is 13.2 Å². The van der Waals surface area contributed by atoms with Crippen molar-refractivity contribution in [2.45, 2.75) is 45.4 Å². The molecule has 0 N–H and O–H groups in total. The summed E-state index contributed by atoms with van der Waals surface area (Å²) in [6.45, 7) is 3.95. The Bertz CT molecular complexity index is 281. The Morgan fingerprint density at radius 3 is 2.35 bits per heavy atom. The van der Waals surface area contributed by atoms with Crippen molar-refractivity contribution in [2.75, 3.05) is 13.2 Å². The van der Waals surface area contributed by atoms with Crippen LogP contribution in [0.4, 0.5) is 0 Å². The predicted molar refractivity (Wildman–Crippen MR) is 74.7 cm³/mol. The van der Waals surface area contributed by atoms with Crippen LogP contribution >= 0.6 is 11.6 Å². The Kier molecular flexibility index (Phi) is 8.12. The van der Waals surface area contributed by atoms with Crippen molar-refractivity contribution in [1.29, 1.82) is 0 Å². The van der Waals surface area contributed by atoms with Gasteiger partial charge >= 0.3 is 0 Å². The predicted octanol–water partition coefficient (Wildman–Crippen LogP) is 4.87.